The highest BCUT2D eigenvalue weighted by Crippen LogP contribution is 2.33. The van der Waals surface area contributed by atoms with Crippen LogP contribution in [0.5, 0.6) is 0 Å². The molecule has 148 valence electrons. The van der Waals surface area contributed by atoms with Crippen molar-refractivity contribution in [2.45, 2.75) is 44.2 Å². The third-order valence-electron chi connectivity index (χ3n) is 4.92. The number of aryl methyl sites for hydroxylation is 1. The van der Waals surface area contributed by atoms with Gasteiger partial charge in [-0.1, -0.05) is 55.0 Å². The molecule has 2 aromatic rings. The van der Waals surface area contributed by atoms with Crippen LogP contribution >= 0.6 is 0 Å². The van der Waals surface area contributed by atoms with E-state index in [-0.39, 0.29) is 17.9 Å². The van der Waals surface area contributed by atoms with Gasteiger partial charge < -0.3 is 4.74 Å². The maximum absolute atomic E-state index is 13.1. The zero-order valence-electron chi connectivity index (χ0n) is 15.9. The SMILES string of the molecule is CC[C@H]1C[C@@H](C(=O)OCc2ccccc2)N(S(=O)(=O)c2ccc(C)cc2)C1=O. The average molecular weight is 401 g/mol. The van der Waals surface area contributed by atoms with Crippen molar-refractivity contribution in [3.05, 3.63) is 65.7 Å². The predicted octanol–water partition coefficient (Wildman–Crippen LogP) is 3.05. The molecule has 1 aliphatic heterocycles. The fourth-order valence-electron chi connectivity index (χ4n) is 3.27. The lowest BCUT2D eigenvalue weighted by Gasteiger charge is -2.23. The maximum atomic E-state index is 13.1. The minimum absolute atomic E-state index is 0.0101. The highest BCUT2D eigenvalue weighted by molar-refractivity contribution is 7.89. The maximum Gasteiger partial charge on any atom is 0.330 e. The second-order valence-corrected chi connectivity index (χ2v) is 8.72. The lowest BCUT2D eigenvalue weighted by molar-refractivity contribution is -0.150. The Morgan fingerprint density at radius 3 is 2.36 bits per heavy atom. The molecule has 0 saturated carbocycles. The van der Waals surface area contributed by atoms with Gasteiger partial charge in [0.2, 0.25) is 5.91 Å². The van der Waals surface area contributed by atoms with Crippen molar-refractivity contribution in [2.24, 2.45) is 5.92 Å². The summed E-state index contributed by atoms with van der Waals surface area (Å²) in [6.07, 6.45) is 0.593. The first kappa shape index (κ1) is 20.1. The Balaban J connectivity index is 1.86. The Bertz CT molecular complexity index is 954. The summed E-state index contributed by atoms with van der Waals surface area (Å²) >= 11 is 0. The number of esters is 1. The number of carbonyl (C=O) groups is 2. The molecule has 2 atom stereocenters. The molecule has 0 aromatic heterocycles. The van der Waals surface area contributed by atoms with Crippen molar-refractivity contribution >= 4 is 21.9 Å². The van der Waals surface area contributed by atoms with Crippen LogP contribution in [0.4, 0.5) is 0 Å². The van der Waals surface area contributed by atoms with Crippen molar-refractivity contribution in [3.63, 3.8) is 0 Å². The largest absolute Gasteiger partial charge is 0.459 e. The number of rotatable bonds is 6. The number of amides is 1. The van der Waals surface area contributed by atoms with Gasteiger partial charge in [0.15, 0.2) is 0 Å². The van der Waals surface area contributed by atoms with Crippen molar-refractivity contribution in [2.75, 3.05) is 0 Å². The van der Waals surface area contributed by atoms with Gasteiger partial charge in [-0.25, -0.2) is 17.5 Å². The summed E-state index contributed by atoms with van der Waals surface area (Å²) in [5.41, 5.74) is 1.69. The average Bonchev–Trinajstić information content (AvgIpc) is 3.04. The van der Waals surface area contributed by atoms with Crippen molar-refractivity contribution in [3.8, 4) is 0 Å². The van der Waals surface area contributed by atoms with Gasteiger partial charge in [0, 0.05) is 5.92 Å². The lowest BCUT2D eigenvalue weighted by Crippen LogP contribution is -2.43. The highest BCUT2D eigenvalue weighted by Gasteiger charge is 2.49. The molecule has 1 heterocycles. The Morgan fingerprint density at radius 1 is 1.11 bits per heavy atom. The van der Waals surface area contributed by atoms with Gasteiger partial charge >= 0.3 is 5.97 Å². The normalized spacial score (nSPS) is 19.6. The van der Waals surface area contributed by atoms with E-state index in [1.54, 1.807) is 19.1 Å². The number of carbonyl (C=O) groups excluding carboxylic acids is 2. The first-order valence-electron chi connectivity index (χ1n) is 9.20. The molecule has 0 N–H and O–H groups in total. The highest BCUT2D eigenvalue weighted by atomic mass is 32.2. The number of hydrogen-bond acceptors (Lipinski definition) is 5. The van der Waals surface area contributed by atoms with Gasteiger partial charge in [-0.05, 0) is 37.5 Å². The summed E-state index contributed by atoms with van der Waals surface area (Å²) in [6.45, 7) is 3.67. The molecule has 2 aromatic carbocycles. The van der Waals surface area contributed by atoms with Crippen molar-refractivity contribution < 1.29 is 22.7 Å². The van der Waals surface area contributed by atoms with Crippen LogP contribution < -0.4 is 0 Å². The molecule has 1 aliphatic rings. The molecule has 0 aliphatic carbocycles. The Kier molecular flexibility index (Phi) is 5.84. The van der Waals surface area contributed by atoms with Gasteiger partial charge in [-0.15, -0.1) is 0 Å². The van der Waals surface area contributed by atoms with Crippen LogP contribution in [0.1, 0.15) is 30.9 Å². The third-order valence-corrected chi connectivity index (χ3v) is 6.74. The van der Waals surface area contributed by atoms with Crippen LogP contribution in [0.2, 0.25) is 0 Å². The Labute approximate surface area is 165 Å². The van der Waals surface area contributed by atoms with E-state index in [0.29, 0.717) is 6.42 Å². The van der Waals surface area contributed by atoms with E-state index < -0.39 is 33.9 Å². The molecule has 28 heavy (non-hydrogen) atoms. The summed E-state index contributed by atoms with van der Waals surface area (Å²) in [5, 5.41) is 0. The van der Waals surface area contributed by atoms with Gasteiger partial charge in [0.05, 0.1) is 4.90 Å². The number of sulfonamides is 1. The zero-order chi connectivity index (χ0) is 20.3. The first-order chi connectivity index (χ1) is 13.3. The summed E-state index contributed by atoms with van der Waals surface area (Å²) in [6, 6.07) is 14.2. The molecule has 1 amide bonds. The van der Waals surface area contributed by atoms with Crippen molar-refractivity contribution in [1.82, 2.24) is 4.31 Å². The monoisotopic (exact) mass is 401 g/mol. The number of benzene rings is 2. The molecule has 0 spiro atoms. The van der Waals surface area contributed by atoms with Crippen LogP contribution in [0.15, 0.2) is 59.5 Å². The summed E-state index contributed by atoms with van der Waals surface area (Å²) < 4.78 is 32.3. The van der Waals surface area contributed by atoms with E-state index in [2.05, 4.69) is 0 Å². The topological polar surface area (TPSA) is 80.8 Å². The van der Waals surface area contributed by atoms with Gasteiger partial charge in [0.1, 0.15) is 12.6 Å². The molecule has 3 rings (SSSR count). The van der Waals surface area contributed by atoms with Gasteiger partial charge in [0.25, 0.3) is 10.0 Å². The standard InChI is InChI=1S/C21H23NO5S/c1-3-17-13-19(21(24)27-14-16-7-5-4-6-8-16)22(20(17)23)28(25,26)18-11-9-15(2)10-12-18/h4-12,17,19H,3,13-14H2,1-2H3/t17-,19-/m0/s1. The van der Waals surface area contributed by atoms with E-state index in [4.69, 9.17) is 4.74 Å². The third kappa shape index (κ3) is 3.94. The molecule has 0 radical (unpaired) electrons. The van der Waals surface area contributed by atoms with Gasteiger partial charge in [-0.3, -0.25) is 4.79 Å². The Hall–Kier alpha value is -2.67. The second-order valence-electron chi connectivity index (χ2n) is 6.90. The summed E-state index contributed by atoms with van der Waals surface area (Å²) in [7, 11) is -4.14. The Morgan fingerprint density at radius 2 is 1.75 bits per heavy atom. The van der Waals surface area contributed by atoms with E-state index >= 15 is 0 Å². The minimum Gasteiger partial charge on any atom is -0.459 e. The van der Waals surface area contributed by atoms with E-state index in [1.807, 2.05) is 37.3 Å². The molecule has 1 fully saturated rings. The molecule has 0 unspecified atom stereocenters. The number of nitrogens with zero attached hydrogens (tertiary/aromatic N) is 1. The minimum atomic E-state index is -4.14. The zero-order valence-corrected chi connectivity index (χ0v) is 16.7. The van der Waals surface area contributed by atoms with E-state index in [0.717, 1.165) is 15.4 Å². The van der Waals surface area contributed by atoms with Crippen LogP contribution in [0.3, 0.4) is 0 Å². The van der Waals surface area contributed by atoms with Crippen LogP contribution in [-0.2, 0) is 31.0 Å². The van der Waals surface area contributed by atoms with Crippen LogP contribution in [-0.4, -0.2) is 30.6 Å². The first-order valence-corrected chi connectivity index (χ1v) is 10.6. The fourth-order valence-corrected chi connectivity index (χ4v) is 4.87. The second kappa shape index (κ2) is 8.14. The molecular weight excluding hydrogens is 378 g/mol. The van der Waals surface area contributed by atoms with Crippen molar-refractivity contribution in [1.29, 1.82) is 0 Å². The fraction of sp³-hybridized carbons (Fsp3) is 0.333. The van der Waals surface area contributed by atoms with E-state index in [1.165, 1.54) is 12.1 Å². The smallest absolute Gasteiger partial charge is 0.330 e. The lowest BCUT2D eigenvalue weighted by atomic mass is 10.0. The molecular formula is C21H23NO5S. The molecule has 1 saturated heterocycles. The van der Waals surface area contributed by atoms with Gasteiger partial charge in [-0.2, -0.15) is 0 Å². The molecule has 7 heteroatoms. The quantitative estimate of drug-likeness (QED) is 0.695. The number of ether oxygens (including phenoxy) is 1. The van der Waals surface area contributed by atoms with E-state index in [9.17, 15) is 18.0 Å². The predicted molar refractivity (Wildman–Crippen MR) is 104 cm³/mol. The summed E-state index contributed by atoms with van der Waals surface area (Å²) in [5.74, 6) is -1.77. The summed E-state index contributed by atoms with van der Waals surface area (Å²) in [4.78, 5) is 25.4. The molecule has 6 nitrogen and oxygen atoms in total. The molecule has 0 bridgehead atoms. The van der Waals surface area contributed by atoms with Crippen LogP contribution in [0, 0.1) is 12.8 Å². The van der Waals surface area contributed by atoms with Crippen LogP contribution in [0.25, 0.3) is 0 Å². The number of hydrogen-bond donors (Lipinski definition) is 0.